The normalized spacial score (nSPS) is 12.2. The Morgan fingerprint density at radius 2 is 2.15 bits per heavy atom. The first-order valence-electron chi connectivity index (χ1n) is 6.41. The summed E-state index contributed by atoms with van der Waals surface area (Å²) in [7, 11) is 0. The van der Waals surface area contributed by atoms with Gasteiger partial charge in [0.15, 0.2) is 0 Å². The lowest BCUT2D eigenvalue weighted by Crippen LogP contribution is -2.28. The number of benzene rings is 1. The first-order chi connectivity index (χ1) is 9.61. The van der Waals surface area contributed by atoms with Gasteiger partial charge in [-0.15, -0.1) is 11.3 Å². The average molecular weight is 417 g/mol. The molecule has 0 fully saturated rings. The Bertz CT molecular complexity index is 584. The highest BCUT2D eigenvalue weighted by Crippen LogP contribution is 2.26. The maximum atomic E-state index is 12.4. The van der Waals surface area contributed by atoms with Crippen LogP contribution in [-0.2, 0) is 0 Å². The summed E-state index contributed by atoms with van der Waals surface area (Å²) in [6.45, 7) is 2.13. The number of thiophene rings is 1. The number of rotatable bonds is 5. The van der Waals surface area contributed by atoms with Gasteiger partial charge in [0.2, 0.25) is 0 Å². The van der Waals surface area contributed by atoms with Crippen LogP contribution >= 0.6 is 43.2 Å². The van der Waals surface area contributed by atoms with Gasteiger partial charge in [-0.1, -0.05) is 35.3 Å². The molecule has 106 valence electrons. The molecule has 0 saturated carbocycles. The highest BCUT2D eigenvalue weighted by atomic mass is 79.9. The molecule has 0 radical (unpaired) electrons. The molecule has 1 unspecified atom stereocenters. The van der Waals surface area contributed by atoms with Crippen LogP contribution in [0.5, 0.6) is 0 Å². The van der Waals surface area contributed by atoms with Crippen molar-refractivity contribution in [2.75, 3.05) is 0 Å². The lowest BCUT2D eigenvalue weighted by Gasteiger charge is -2.17. The standard InChI is InChI=1S/C15H15Br2NOS/c1-2-4-13(14-5-3-8-20-14)18-15(19)11-7-6-10(16)9-12(11)17/h3,5-9,13H,2,4H2,1H3,(H,18,19). The topological polar surface area (TPSA) is 29.1 Å². The quantitative estimate of drug-likeness (QED) is 0.680. The Labute approximate surface area is 139 Å². The fraction of sp³-hybridized carbons (Fsp3) is 0.267. The molecule has 5 heteroatoms. The Morgan fingerprint density at radius 1 is 1.35 bits per heavy atom. The third kappa shape index (κ3) is 3.93. The smallest absolute Gasteiger partial charge is 0.252 e. The second-order valence-electron chi connectivity index (χ2n) is 4.45. The van der Waals surface area contributed by atoms with Crippen molar-refractivity contribution in [2.24, 2.45) is 0 Å². The van der Waals surface area contributed by atoms with E-state index in [4.69, 9.17) is 0 Å². The summed E-state index contributed by atoms with van der Waals surface area (Å²) in [5, 5.41) is 5.16. The van der Waals surface area contributed by atoms with Gasteiger partial charge in [0.1, 0.15) is 0 Å². The van der Waals surface area contributed by atoms with E-state index in [1.807, 2.05) is 29.6 Å². The summed E-state index contributed by atoms with van der Waals surface area (Å²) in [5.74, 6) is -0.0452. The molecule has 0 saturated heterocycles. The van der Waals surface area contributed by atoms with Gasteiger partial charge in [-0.05, 0) is 52.0 Å². The van der Waals surface area contributed by atoms with E-state index in [1.165, 1.54) is 4.88 Å². The fourth-order valence-electron chi connectivity index (χ4n) is 1.97. The van der Waals surface area contributed by atoms with E-state index >= 15 is 0 Å². The number of carbonyl (C=O) groups is 1. The van der Waals surface area contributed by atoms with Crippen molar-refractivity contribution in [3.05, 3.63) is 55.1 Å². The number of carbonyl (C=O) groups excluding carboxylic acids is 1. The third-order valence-electron chi connectivity index (χ3n) is 2.95. The van der Waals surface area contributed by atoms with Crippen molar-refractivity contribution < 1.29 is 4.79 Å². The van der Waals surface area contributed by atoms with E-state index in [2.05, 4.69) is 50.2 Å². The zero-order chi connectivity index (χ0) is 14.5. The molecule has 1 N–H and O–H groups in total. The summed E-state index contributed by atoms with van der Waals surface area (Å²) >= 11 is 8.51. The highest BCUT2D eigenvalue weighted by Gasteiger charge is 2.17. The summed E-state index contributed by atoms with van der Waals surface area (Å²) < 4.78 is 1.75. The van der Waals surface area contributed by atoms with Gasteiger partial charge < -0.3 is 5.32 Å². The Hall–Kier alpha value is -0.650. The van der Waals surface area contributed by atoms with Crippen LogP contribution < -0.4 is 5.32 Å². The van der Waals surface area contributed by atoms with Gasteiger partial charge in [0, 0.05) is 13.8 Å². The van der Waals surface area contributed by atoms with Crippen LogP contribution in [0.25, 0.3) is 0 Å². The summed E-state index contributed by atoms with van der Waals surface area (Å²) in [5.41, 5.74) is 0.658. The van der Waals surface area contributed by atoms with Gasteiger partial charge in [-0.25, -0.2) is 0 Å². The van der Waals surface area contributed by atoms with Gasteiger partial charge in [-0.3, -0.25) is 4.79 Å². The van der Waals surface area contributed by atoms with E-state index < -0.39 is 0 Å². The fourth-order valence-corrected chi connectivity index (χ4v) is 4.01. The second kappa shape index (κ2) is 7.38. The molecule has 2 aromatic rings. The predicted octanol–water partition coefficient (Wildman–Crippen LogP) is 5.54. The third-order valence-corrected chi connectivity index (χ3v) is 5.08. The van der Waals surface area contributed by atoms with Crippen molar-refractivity contribution in [1.29, 1.82) is 0 Å². The highest BCUT2D eigenvalue weighted by molar-refractivity contribution is 9.11. The lowest BCUT2D eigenvalue weighted by molar-refractivity contribution is 0.0934. The molecule has 2 rings (SSSR count). The van der Waals surface area contributed by atoms with Crippen molar-refractivity contribution in [3.63, 3.8) is 0 Å². The molecular weight excluding hydrogens is 402 g/mol. The second-order valence-corrected chi connectivity index (χ2v) is 7.20. The van der Waals surface area contributed by atoms with E-state index in [9.17, 15) is 4.79 Å². The van der Waals surface area contributed by atoms with Crippen LogP contribution in [0.1, 0.15) is 41.0 Å². The molecule has 1 heterocycles. The van der Waals surface area contributed by atoms with Crippen molar-refractivity contribution in [1.82, 2.24) is 5.32 Å². The zero-order valence-corrected chi connectivity index (χ0v) is 15.0. The predicted molar refractivity (Wildman–Crippen MR) is 91.3 cm³/mol. The molecule has 20 heavy (non-hydrogen) atoms. The molecule has 2 nitrogen and oxygen atoms in total. The Morgan fingerprint density at radius 3 is 2.75 bits per heavy atom. The number of nitrogens with one attached hydrogen (secondary N) is 1. The molecule has 0 aliphatic rings. The van der Waals surface area contributed by atoms with Crippen molar-refractivity contribution in [2.45, 2.75) is 25.8 Å². The van der Waals surface area contributed by atoms with Gasteiger partial charge in [0.25, 0.3) is 5.91 Å². The van der Waals surface area contributed by atoms with Crippen LogP contribution in [0.15, 0.2) is 44.7 Å². The molecule has 0 bridgehead atoms. The molecule has 1 aromatic carbocycles. The zero-order valence-electron chi connectivity index (χ0n) is 11.0. The molecule has 0 aliphatic carbocycles. The first kappa shape index (κ1) is 15.7. The van der Waals surface area contributed by atoms with Crippen LogP contribution in [0.2, 0.25) is 0 Å². The number of halogens is 2. The Balaban J connectivity index is 2.16. The first-order valence-corrected chi connectivity index (χ1v) is 8.87. The van der Waals surface area contributed by atoms with Gasteiger partial charge in [0.05, 0.1) is 11.6 Å². The van der Waals surface area contributed by atoms with Crippen molar-refractivity contribution >= 4 is 49.1 Å². The molecule has 0 spiro atoms. The molecule has 0 aliphatic heterocycles. The maximum absolute atomic E-state index is 12.4. The van der Waals surface area contributed by atoms with Gasteiger partial charge in [-0.2, -0.15) is 0 Å². The van der Waals surface area contributed by atoms with E-state index in [-0.39, 0.29) is 11.9 Å². The van der Waals surface area contributed by atoms with Crippen molar-refractivity contribution in [3.8, 4) is 0 Å². The largest absolute Gasteiger partial charge is 0.344 e. The average Bonchev–Trinajstić information content (AvgIpc) is 2.91. The van der Waals surface area contributed by atoms with Crippen LogP contribution in [0.3, 0.4) is 0 Å². The van der Waals surface area contributed by atoms with Crippen LogP contribution in [0, 0.1) is 0 Å². The van der Waals surface area contributed by atoms with Crippen LogP contribution in [0.4, 0.5) is 0 Å². The van der Waals surface area contributed by atoms with E-state index in [1.54, 1.807) is 11.3 Å². The number of hydrogen-bond acceptors (Lipinski definition) is 2. The maximum Gasteiger partial charge on any atom is 0.252 e. The van der Waals surface area contributed by atoms with E-state index in [0.717, 1.165) is 21.8 Å². The lowest BCUT2D eigenvalue weighted by atomic mass is 10.1. The monoisotopic (exact) mass is 415 g/mol. The molecule has 1 aromatic heterocycles. The molecule has 1 atom stereocenters. The number of amides is 1. The summed E-state index contributed by atoms with van der Waals surface area (Å²) in [4.78, 5) is 13.6. The van der Waals surface area contributed by atoms with E-state index in [0.29, 0.717) is 5.56 Å². The number of hydrogen-bond donors (Lipinski definition) is 1. The van der Waals surface area contributed by atoms with Gasteiger partial charge >= 0.3 is 0 Å². The molecule has 1 amide bonds. The molecular formula is C15H15Br2NOS. The minimum absolute atomic E-state index is 0.0452. The SMILES string of the molecule is CCCC(NC(=O)c1ccc(Br)cc1Br)c1cccs1. The summed E-state index contributed by atoms with van der Waals surface area (Å²) in [6, 6.07) is 9.75. The van der Waals surface area contributed by atoms with Crippen LogP contribution in [-0.4, -0.2) is 5.91 Å². The summed E-state index contributed by atoms with van der Waals surface area (Å²) in [6.07, 6.45) is 1.98. The minimum atomic E-state index is -0.0452. The minimum Gasteiger partial charge on any atom is -0.344 e. The Kier molecular flexibility index (Phi) is 5.81.